The summed E-state index contributed by atoms with van der Waals surface area (Å²) < 4.78 is 6.85. The van der Waals surface area contributed by atoms with Crippen LogP contribution in [0.1, 0.15) is 17.3 Å². The first-order valence-electron chi connectivity index (χ1n) is 4.55. The minimum Gasteiger partial charge on any atom is -0.462 e. The summed E-state index contributed by atoms with van der Waals surface area (Å²) >= 11 is 0. The second-order valence-electron chi connectivity index (χ2n) is 2.98. The number of fused-ring (bicyclic) bond motifs is 1. The zero-order valence-corrected chi connectivity index (χ0v) is 7.93. The summed E-state index contributed by atoms with van der Waals surface area (Å²) in [4.78, 5) is 11.4. The number of ether oxygens (including phenoxy) is 1. The molecule has 0 atom stereocenters. The Morgan fingerprint density at radius 1 is 1.43 bits per heavy atom. The van der Waals surface area contributed by atoms with Crippen LogP contribution in [-0.4, -0.2) is 17.0 Å². The minimum absolute atomic E-state index is 0.267. The SMILES string of the molecule is CCOC(=O)c1ccn2cccc2c1. The Balaban J connectivity index is 2.38. The van der Waals surface area contributed by atoms with Crippen LogP contribution in [0.4, 0.5) is 0 Å². The lowest BCUT2D eigenvalue weighted by Crippen LogP contribution is -2.04. The third-order valence-corrected chi connectivity index (χ3v) is 2.04. The predicted octanol–water partition coefficient (Wildman–Crippen LogP) is 2.12. The average molecular weight is 189 g/mol. The fourth-order valence-corrected chi connectivity index (χ4v) is 1.37. The highest BCUT2D eigenvalue weighted by Crippen LogP contribution is 2.09. The zero-order chi connectivity index (χ0) is 9.97. The quantitative estimate of drug-likeness (QED) is 0.677. The lowest BCUT2D eigenvalue weighted by Gasteiger charge is -2.02. The van der Waals surface area contributed by atoms with E-state index in [1.54, 1.807) is 13.0 Å². The van der Waals surface area contributed by atoms with Crippen LogP contribution >= 0.6 is 0 Å². The zero-order valence-electron chi connectivity index (χ0n) is 7.93. The van der Waals surface area contributed by atoms with E-state index < -0.39 is 0 Å². The molecule has 14 heavy (non-hydrogen) atoms. The van der Waals surface area contributed by atoms with Gasteiger partial charge in [-0.05, 0) is 31.2 Å². The summed E-state index contributed by atoms with van der Waals surface area (Å²) in [7, 11) is 0. The lowest BCUT2D eigenvalue weighted by atomic mass is 10.2. The minimum atomic E-state index is -0.267. The van der Waals surface area contributed by atoms with Gasteiger partial charge in [-0.15, -0.1) is 0 Å². The van der Waals surface area contributed by atoms with Crippen molar-refractivity contribution in [3.8, 4) is 0 Å². The summed E-state index contributed by atoms with van der Waals surface area (Å²) in [5, 5.41) is 0. The van der Waals surface area contributed by atoms with Crippen LogP contribution in [0.25, 0.3) is 5.52 Å². The van der Waals surface area contributed by atoms with E-state index in [2.05, 4.69) is 0 Å². The molecule has 0 radical (unpaired) electrons. The van der Waals surface area contributed by atoms with Crippen LogP contribution in [0.2, 0.25) is 0 Å². The third-order valence-electron chi connectivity index (χ3n) is 2.04. The van der Waals surface area contributed by atoms with E-state index in [-0.39, 0.29) is 5.97 Å². The van der Waals surface area contributed by atoms with Crippen LogP contribution in [0.3, 0.4) is 0 Å². The highest BCUT2D eigenvalue weighted by molar-refractivity contribution is 5.90. The first-order chi connectivity index (χ1) is 6.81. The number of esters is 1. The van der Waals surface area contributed by atoms with Crippen LogP contribution < -0.4 is 0 Å². The summed E-state index contributed by atoms with van der Waals surface area (Å²) in [6, 6.07) is 7.45. The van der Waals surface area contributed by atoms with Gasteiger partial charge in [0, 0.05) is 17.9 Å². The largest absolute Gasteiger partial charge is 0.462 e. The molecule has 0 aliphatic heterocycles. The van der Waals surface area contributed by atoms with E-state index in [0.29, 0.717) is 12.2 Å². The Kier molecular flexibility index (Phi) is 2.23. The van der Waals surface area contributed by atoms with E-state index in [1.807, 2.05) is 35.0 Å². The Morgan fingerprint density at radius 3 is 3.07 bits per heavy atom. The van der Waals surface area contributed by atoms with Gasteiger partial charge in [-0.1, -0.05) is 0 Å². The van der Waals surface area contributed by atoms with Crippen molar-refractivity contribution in [1.29, 1.82) is 0 Å². The van der Waals surface area contributed by atoms with Gasteiger partial charge in [0.15, 0.2) is 0 Å². The molecule has 0 aromatic carbocycles. The predicted molar refractivity (Wildman–Crippen MR) is 53.4 cm³/mol. The van der Waals surface area contributed by atoms with Gasteiger partial charge in [-0.25, -0.2) is 4.79 Å². The van der Waals surface area contributed by atoms with Crippen molar-refractivity contribution in [3.63, 3.8) is 0 Å². The van der Waals surface area contributed by atoms with E-state index >= 15 is 0 Å². The molecule has 3 nitrogen and oxygen atoms in total. The lowest BCUT2D eigenvalue weighted by molar-refractivity contribution is 0.0526. The molecule has 0 saturated carbocycles. The molecular weight excluding hydrogens is 178 g/mol. The molecular formula is C11H11NO2. The number of hydrogen-bond acceptors (Lipinski definition) is 2. The summed E-state index contributed by atoms with van der Waals surface area (Å²) in [5.41, 5.74) is 1.59. The van der Waals surface area contributed by atoms with Crippen LogP contribution in [0.5, 0.6) is 0 Å². The first-order valence-corrected chi connectivity index (χ1v) is 4.55. The number of pyridine rings is 1. The molecule has 2 aromatic heterocycles. The smallest absolute Gasteiger partial charge is 0.338 e. The second kappa shape index (κ2) is 3.54. The molecule has 72 valence electrons. The summed E-state index contributed by atoms with van der Waals surface area (Å²) in [6.07, 6.45) is 3.78. The van der Waals surface area contributed by atoms with Gasteiger partial charge in [-0.3, -0.25) is 0 Å². The van der Waals surface area contributed by atoms with Gasteiger partial charge in [0.25, 0.3) is 0 Å². The number of rotatable bonds is 2. The van der Waals surface area contributed by atoms with Crippen molar-refractivity contribution in [2.75, 3.05) is 6.61 Å². The van der Waals surface area contributed by atoms with Crippen LogP contribution in [0.15, 0.2) is 36.7 Å². The molecule has 0 aliphatic carbocycles. The summed E-state index contributed by atoms with van der Waals surface area (Å²) in [6.45, 7) is 2.21. The van der Waals surface area contributed by atoms with Crippen molar-refractivity contribution in [2.24, 2.45) is 0 Å². The molecule has 3 heteroatoms. The molecule has 0 N–H and O–H groups in total. The second-order valence-corrected chi connectivity index (χ2v) is 2.98. The molecule has 0 bridgehead atoms. The van der Waals surface area contributed by atoms with Gasteiger partial charge >= 0.3 is 5.97 Å². The van der Waals surface area contributed by atoms with E-state index in [0.717, 1.165) is 5.52 Å². The Morgan fingerprint density at radius 2 is 2.29 bits per heavy atom. The molecule has 0 saturated heterocycles. The van der Waals surface area contributed by atoms with Crippen molar-refractivity contribution in [2.45, 2.75) is 6.92 Å². The number of carbonyl (C=O) groups is 1. The van der Waals surface area contributed by atoms with Crippen LogP contribution in [0, 0.1) is 0 Å². The highest BCUT2D eigenvalue weighted by Gasteiger charge is 2.06. The third kappa shape index (κ3) is 1.48. The average Bonchev–Trinajstić information content (AvgIpc) is 2.64. The molecule has 0 amide bonds. The topological polar surface area (TPSA) is 30.7 Å². The maximum absolute atomic E-state index is 11.4. The first kappa shape index (κ1) is 8.81. The molecule has 0 aliphatic rings. The highest BCUT2D eigenvalue weighted by atomic mass is 16.5. The van der Waals surface area contributed by atoms with E-state index in [4.69, 9.17) is 4.74 Å². The number of hydrogen-bond donors (Lipinski definition) is 0. The van der Waals surface area contributed by atoms with Crippen molar-refractivity contribution in [1.82, 2.24) is 4.40 Å². The molecule has 2 aromatic rings. The van der Waals surface area contributed by atoms with Gasteiger partial charge in [0.05, 0.1) is 12.2 Å². The van der Waals surface area contributed by atoms with Crippen LogP contribution in [-0.2, 0) is 4.74 Å². The standard InChI is InChI=1S/C11H11NO2/c1-2-14-11(13)9-5-7-12-6-3-4-10(12)8-9/h3-8H,2H2,1H3. The van der Waals surface area contributed by atoms with Crippen molar-refractivity contribution < 1.29 is 9.53 Å². The fraction of sp³-hybridized carbons (Fsp3) is 0.182. The molecule has 2 rings (SSSR count). The van der Waals surface area contributed by atoms with Gasteiger partial charge in [-0.2, -0.15) is 0 Å². The molecule has 0 fully saturated rings. The Bertz CT molecular complexity index is 459. The number of aromatic nitrogens is 1. The molecule has 0 unspecified atom stereocenters. The van der Waals surface area contributed by atoms with Gasteiger partial charge < -0.3 is 9.14 Å². The van der Waals surface area contributed by atoms with Gasteiger partial charge in [0.1, 0.15) is 0 Å². The van der Waals surface area contributed by atoms with E-state index in [1.165, 1.54) is 0 Å². The van der Waals surface area contributed by atoms with E-state index in [9.17, 15) is 4.79 Å². The monoisotopic (exact) mass is 189 g/mol. The number of carbonyl (C=O) groups excluding carboxylic acids is 1. The summed E-state index contributed by atoms with van der Waals surface area (Å²) in [5.74, 6) is -0.267. The maximum atomic E-state index is 11.4. The number of nitrogens with zero attached hydrogens (tertiary/aromatic N) is 1. The molecule has 2 heterocycles. The fourth-order valence-electron chi connectivity index (χ4n) is 1.37. The van der Waals surface area contributed by atoms with Crippen molar-refractivity contribution >= 4 is 11.5 Å². The Labute approximate surface area is 81.9 Å². The Hall–Kier alpha value is -1.77. The molecule has 0 spiro atoms. The normalized spacial score (nSPS) is 10.4. The van der Waals surface area contributed by atoms with Crippen molar-refractivity contribution in [3.05, 3.63) is 42.2 Å². The van der Waals surface area contributed by atoms with Gasteiger partial charge in [0.2, 0.25) is 0 Å². The maximum Gasteiger partial charge on any atom is 0.338 e.